The molecule has 0 amide bonds. The van der Waals surface area contributed by atoms with Crippen molar-refractivity contribution in [2.75, 3.05) is 7.11 Å². The fourth-order valence-electron chi connectivity index (χ4n) is 2.04. The molecule has 0 radical (unpaired) electrons. The van der Waals surface area contributed by atoms with Gasteiger partial charge < -0.3 is 14.5 Å². The summed E-state index contributed by atoms with van der Waals surface area (Å²) in [6, 6.07) is 6.39. The highest BCUT2D eigenvalue weighted by Crippen LogP contribution is 2.23. The molecular formula is C15H11ClN2O4S. The Labute approximate surface area is 139 Å². The van der Waals surface area contributed by atoms with Crippen molar-refractivity contribution in [3.05, 3.63) is 56.4 Å². The van der Waals surface area contributed by atoms with E-state index in [9.17, 15) is 9.59 Å². The van der Waals surface area contributed by atoms with Crippen molar-refractivity contribution in [1.82, 2.24) is 9.97 Å². The van der Waals surface area contributed by atoms with Crippen LogP contribution < -0.4 is 10.3 Å². The number of fused-ring (bicyclic) bond motifs is 1. The molecule has 8 heteroatoms. The average Bonchev–Trinajstić information content (AvgIpc) is 3.01. The molecule has 0 aliphatic heterocycles. The van der Waals surface area contributed by atoms with Gasteiger partial charge in [-0.15, -0.1) is 11.3 Å². The quantitative estimate of drug-likeness (QED) is 0.731. The summed E-state index contributed by atoms with van der Waals surface area (Å²) in [7, 11) is 1.45. The van der Waals surface area contributed by atoms with Crippen molar-refractivity contribution in [1.29, 1.82) is 0 Å². The molecule has 0 aliphatic rings. The molecule has 3 rings (SSSR count). The topological polar surface area (TPSA) is 81.3 Å². The number of methoxy groups -OCH3 is 1. The van der Waals surface area contributed by atoms with Crippen molar-refractivity contribution in [3.63, 3.8) is 0 Å². The lowest BCUT2D eigenvalue weighted by atomic mass is 10.2. The summed E-state index contributed by atoms with van der Waals surface area (Å²) in [5.41, 5.74) is 0.528. The first-order valence-electron chi connectivity index (χ1n) is 6.55. The van der Waals surface area contributed by atoms with Gasteiger partial charge in [0.25, 0.3) is 5.56 Å². The van der Waals surface area contributed by atoms with Crippen LogP contribution in [0.1, 0.15) is 16.2 Å². The summed E-state index contributed by atoms with van der Waals surface area (Å²) in [6.45, 7) is -0.157. The van der Waals surface area contributed by atoms with Crippen LogP contribution in [0, 0.1) is 0 Å². The van der Waals surface area contributed by atoms with E-state index in [1.54, 1.807) is 23.6 Å². The van der Waals surface area contributed by atoms with Gasteiger partial charge >= 0.3 is 5.97 Å². The molecule has 118 valence electrons. The first-order chi connectivity index (χ1) is 11.1. The standard InChI is InChI=1S/C15H11ClN2O4S/c1-21-11-3-2-8(16)6-9(11)15(20)22-7-12-17-10-4-5-23-13(10)14(19)18-12/h2-6H,7H2,1H3,(H,17,18,19). The Balaban J connectivity index is 1.80. The largest absolute Gasteiger partial charge is 0.496 e. The number of hydrogen-bond acceptors (Lipinski definition) is 6. The number of ether oxygens (including phenoxy) is 2. The monoisotopic (exact) mass is 350 g/mol. The Morgan fingerprint density at radius 3 is 3.00 bits per heavy atom. The smallest absolute Gasteiger partial charge is 0.342 e. The lowest BCUT2D eigenvalue weighted by molar-refractivity contribution is 0.0458. The van der Waals surface area contributed by atoms with Crippen molar-refractivity contribution in [3.8, 4) is 5.75 Å². The molecule has 0 unspecified atom stereocenters. The molecule has 6 nitrogen and oxygen atoms in total. The predicted octanol–water partition coefficient (Wildman–Crippen LogP) is 3.00. The second-order valence-corrected chi connectivity index (χ2v) is 5.92. The average molecular weight is 351 g/mol. The maximum Gasteiger partial charge on any atom is 0.342 e. The SMILES string of the molecule is COc1ccc(Cl)cc1C(=O)OCc1nc2ccsc2c(=O)[nH]1. The van der Waals surface area contributed by atoms with Crippen LogP contribution in [0.15, 0.2) is 34.4 Å². The van der Waals surface area contributed by atoms with E-state index in [1.165, 1.54) is 24.5 Å². The van der Waals surface area contributed by atoms with Crippen LogP contribution in [0.5, 0.6) is 5.75 Å². The van der Waals surface area contributed by atoms with Crippen LogP contribution in [0.25, 0.3) is 10.2 Å². The molecule has 0 atom stereocenters. The lowest BCUT2D eigenvalue weighted by Crippen LogP contribution is -2.14. The van der Waals surface area contributed by atoms with Gasteiger partial charge in [0.1, 0.15) is 28.4 Å². The van der Waals surface area contributed by atoms with Crippen molar-refractivity contribution < 1.29 is 14.3 Å². The van der Waals surface area contributed by atoms with Gasteiger partial charge in [0.05, 0.1) is 12.6 Å². The molecule has 23 heavy (non-hydrogen) atoms. The minimum absolute atomic E-state index is 0.157. The zero-order chi connectivity index (χ0) is 16.4. The van der Waals surface area contributed by atoms with E-state index in [-0.39, 0.29) is 23.6 Å². The van der Waals surface area contributed by atoms with E-state index >= 15 is 0 Å². The number of carbonyl (C=O) groups excluding carboxylic acids is 1. The fourth-order valence-corrected chi connectivity index (χ4v) is 2.94. The normalized spacial score (nSPS) is 10.7. The number of nitrogens with one attached hydrogen (secondary N) is 1. The van der Waals surface area contributed by atoms with Gasteiger partial charge in [-0.3, -0.25) is 4.79 Å². The second-order valence-electron chi connectivity index (χ2n) is 4.57. The van der Waals surface area contributed by atoms with E-state index in [0.717, 1.165) is 0 Å². The summed E-state index contributed by atoms with van der Waals surface area (Å²) in [5, 5.41) is 2.17. The van der Waals surface area contributed by atoms with E-state index in [1.807, 2.05) is 0 Å². The van der Waals surface area contributed by atoms with Gasteiger partial charge in [0.15, 0.2) is 0 Å². The van der Waals surface area contributed by atoms with Gasteiger partial charge in [-0.05, 0) is 29.6 Å². The number of halogens is 1. The van der Waals surface area contributed by atoms with E-state index < -0.39 is 5.97 Å². The predicted molar refractivity (Wildman–Crippen MR) is 87.4 cm³/mol. The van der Waals surface area contributed by atoms with E-state index in [4.69, 9.17) is 21.1 Å². The first kappa shape index (κ1) is 15.5. The molecule has 0 spiro atoms. The van der Waals surface area contributed by atoms with Crippen LogP contribution in [-0.4, -0.2) is 23.0 Å². The number of carbonyl (C=O) groups is 1. The van der Waals surface area contributed by atoms with Crippen LogP contribution in [0.4, 0.5) is 0 Å². The van der Waals surface area contributed by atoms with Gasteiger partial charge in [0.2, 0.25) is 0 Å². The third-order valence-electron chi connectivity index (χ3n) is 3.09. The minimum atomic E-state index is -0.614. The molecule has 2 heterocycles. The van der Waals surface area contributed by atoms with Crippen LogP contribution in [0.3, 0.4) is 0 Å². The Morgan fingerprint density at radius 1 is 1.39 bits per heavy atom. The molecule has 0 saturated carbocycles. The zero-order valence-corrected chi connectivity index (χ0v) is 13.5. The number of aromatic nitrogens is 2. The number of H-pyrrole nitrogens is 1. The molecule has 0 bridgehead atoms. The zero-order valence-electron chi connectivity index (χ0n) is 12.0. The molecule has 1 aromatic carbocycles. The number of hydrogen-bond donors (Lipinski definition) is 1. The molecule has 0 aliphatic carbocycles. The Bertz CT molecular complexity index is 935. The number of esters is 1. The summed E-state index contributed by atoms with van der Waals surface area (Å²) in [4.78, 5) is 30.9. The summed E-state index contributed by atoms with van der Waals surface area (Å²) >= 11 is 7.19. The number of aromatic amines is 1. The minimum Gasteiger partial charge on any atom is -0.496 e. The molecule has 0 saturated heterocycles. The number of rotatable bonds is 4. The first-order valence-corrected chi connectivity index (χ1v) is 7.81. The van der Waals surface area contributed by atoms with Crippen molar-refractivity contribution in [2.24, 2.45) is 0 Å². The van der Waals surface area contributed by atoms with Crippen LogP contribution >= 0.6 is 22.9 Å². The third kappa shape index (κ3) is 3.20. The Hall–Kier alpha value is -2.38. The second kappa shape index (κ2) is 6.39. The van der Waals surface area contributed by atoms with E-state index in [2.05, 4.69) is 9.97 Å². The lowest BCUT2D eigenvalue weighted by Gasteiger charge is -2.09. The fraction of sp³-hybridized carbons (Fsp3) is 0.133. The van der Waals surface area contributed by atoms with Gasteiger partial charge in [-0.1, -0.05) is 11.6 Å². The third-order valence-corrected chi connectivity index (χ3v) is 4.22. The molecule has 0 fully saturated rings. The highest BCUT2D eigenvalue weighted by Gasteiger charge is 2.15. The molecule has 2 aromatic heterocycles. The molecule has 3 aromatic rings. The number of thiophene rings is 1. The van der Waals surface area contributed by atoms with Gasteiger partial charge in [-0.2, -0.15) is 0 Å². The van der Waals surface area contributed by atoms with Crippen LogP contribution in [-0.2, 0) is 11.3 Å². The summed E-state index contributed by atoms with van der Waals surface area (Å²) in [5.74, 6) is 0.0156. The maximum atomic E-state index is 12.2. The van der Waals surface area contributed by atoms with Gasteiger partial charge in [0, 0.05) is 5.02 Å². The molecule has 1 N–H and O–H groups in total. The highest BCUT2D eigenvalue weighted by molar-refractivity contribution is 7.17. The molecular weight excluding hydrogens is 340 g/mol. The Kier molecular flexibility index (Phi) is 4.31. The highest BCUT2D eigenvalue weighted by atomic mass is 35.5. The maximum absolute atomic E-state index is 12.2. The summed E-state index contributed by atoms with van der Waals surface area (Å²) < 4.78 is 10.8. The summed E-state index contributed by atoms with van der Waals surface area (Å²) in [6.07, 6.45) is 0. The Morgan fingerprint density at radius 2 is 2.22 bits per heavy atom. The number of nitrogens with zero attached hydrogens (tertiary/aromatic N) is 1. The van der Waals surface area contributed by atoms with Gasteiger partial charge in [-0.25, -0.2) is 9.78 Å². The van der Waals surface area contributed by atoms with Crippen molar-refractivity contribution >= 4 is 39.1 Å². The van der Waals surface area contributed by atoms with Crippen LogP contribution in [0.2, 0.25) is 5.02 Å². The van der Waals surface area contributed by atoms with Crippen molar-refractivity contribution in [2.45, 2.75) is 6.61 Å². The van der Waals surface area contributed by atoms with E-state index in [0.29, 0.717) is 21.0 Å². The number of benzene rings is 1.